The van der Waals surface area contributed by atoms with E-state index in [4.69, 9.17) is 11.6 Å². The first-order valence-electron chi connectivity index (χ1n) is 6.49. The Labute approximate surface area is 114 Å². The number of hydrogen-bond acceptors (Lipinski definition) is 3. The highest BCUT2D eigenvalue weighted by atomic mass is 35.5. The van der Waals surface area contributed by atoms with E-state index in [9.17, 15) is 5.11 Å². The zero-order chi connectivity index (χ0) is 13.8. The van der Waals surface area contributed by atoms with E-state index in [2.05, 4.69) is 24.3 Å². The van der Waals surface area contributed by atoms with Crippen LogP contribution in [0.1, 0.15) is 45.3 Å². The third-order valence-corrected chi connectivity index (χ3v) is 3.58. The molecular formula is C13H24ClN3O. The molecule has 4 nitrogen and oxygen atoms in total. The summed E-state index contributed by atoms with van der Waals surface area (Å²) in [4.78, 5) is 0. The molecule has 0 radical (unpaired) electrons. The highest BCUT2D eigenvalue weighted by Gasteiger charge is 2.26. The van der Waals surface area contributed by atoms with E-state index in [-0.39, 0.29) is 18.2 Å². The van der Waals surface area contributed by atoms with Crippen LogP contribution in [-0.2, 0) is 0 Å². The summed E-state index contributed by atoms with van der Waals surface area (Å²) >= 11 is 6.01. The summed E-state index contributed by atoms with van der Waals surface area (Å²) in [5.74, 6) is 0. The lowest BCUT2D eigenvalue weighted by Gasteiger charge is -2.31. The van der Waals surface area contributed by atoms with Crippen molar-refractivity contribution in [1.29, 1.82) is 0 Å². The van der Waals surface area contributed by atoms with Crippen molar-refractivity contribution in [1.82, 2.24) is 15.1 Å². The highest BCUT2D eigenvalue weighted by molar-refractivity contribution is 6.31. The average molecular weight is 274 g/mol. The van der Waals surface area contributed by atoms with Gasteiger partial charge in [-0.05, 0) is 40.2 Å². The molecule has 5 heteroatoms. The van der Waals surface area contributed by atoms with Crippen molar-refractivity contribution in [3.63, 3.8) is 0 Å². The Morgan fingerprint density at radius 1 is 1.61 bits per heavy atom. The van der Waals surface area contributed by atoms with E-state index in [0.717, 1.165) is 25.1 Å². The molecule has 0 fully saturated rings. The highest BCUT2D eigenvalue weighted by Crippen LogP contribution is 2.23. The van der Waals surface area contributed by atoms with E-state index in [1.54, 1.807) is 0 Å². The molecule has 0 spiro atoms. The lowest BCUT2D eigenvalue weighted by molar-refractivity contribution is 0.149. The van der Waals surface area contributed by atoms with Crippen LogP contribution in [0.5, 0.6) is 0 Å². The van der Waals surface area contributed by atoms with Crippen molar-refractivity contribution in [2.45, 2.75) is 52.1 Å². The van der Waals surface area contributed by atoms with Crippen molar-refractivity contribution in [2.75, 3.05) is 13.2 Å². The minimum absolute atomic E-state index is 0.116. The van der Waals surface area contributed by atoms with Crippen molar-refractivity contribution in [3.8, 4) is 0 Å². The number of aromatic nitrogens is 2. The van der Waals surface area contributed by atoms with Crippen molar-refractivity contribution in [2.24, 2.45) is 0 Å². The van der Waals surface area contributed by atoms with Gasteiger partial charge < -0.3 is 10.4 Å². The maximum absolute atomic E-state index is 9.55. The van der Waals surface area contributed by atoms with Gasteiger partial charge in [0.2, 0.25) is 0 Å². The van der Waals surface area contributed by atoms with Crippen molar-refractivity contribution >= 4 is 11.6 Å². The Morgan fingerprint density at radius 2 is 2.28 bits per heavy atom. The molecule has 0 aromatic carbocycles. The van der Waals surface area contributed by atoms with Crippen LogP contribution in [0.25, 0.3) is 0 Å². The molecule has 0 aliphatic rings. The third kappa shape index (κ3) is 3.97. The SMILES string of the molecule is CCCNC(C)(CO)CC(C)n1cc(Cl)c(C)n1. The zero-order valence-corrected chi connectivity index (χ0v) is 12.5. The van der Waals surface area contributed by atoms with Gasteiger partial charge in [0.05, 0.1) is 23.4 Å². The molecule has 18 heavy (non-hydrogen) atoms. The number of nitrogens with one attached hydrogen (secondary N) is 1. The summed E-state index contributed by atoms with van der Waals surface area (Å²) < 4.78 is 1.87. The fraction of sp³-hybridized carbons (Fsp3) is 0.769. The standard InChI is InChI=1S/C13H24ClN3O/c1-5-6-15-13(4,9-18)7-10(2)17-8-12(14)11(3)16-17/h8,10,15,18H,5-7,9H2,1-4H3. The molecule has 1 rings (SSSR count). The Hall–Kier alpha value is -0.580. The molecule has 1 aromatic rings. The normalized spacial score (nSPS) is 16.6. The number of nitrogens with zero attached hydrogens (tertiary/aromatic N) is 2. The summed E-state index contributed by atoms with van der Waals surface area (Å²) in [5, 5.41) is 18.0. The number of aryl methyl sites for hydroxylation is 1. The zero-order valence-electron chi connectivity index (χ0n) is 11.7. The summed E-state index contributed by atoms with van der Waals surface area (Å²) in [6, 6.07) is 0.192. The fourth-order valence-electron chi connectivity index (χ4n) is 2.05. The molecule has 0 aliphatic heterocycles. The predicted octanol–water partition coefficient (Wildman–Crippen LogP) is 2.55. The summed E-state index contributed by atoms with van der Waals surface area (Å²) in [5.41, 5.74) is 0.567. The second-order valence-electron chi connectivity index (χ2n) is 5.24. The largest absolute Gasteiger partial charge is 0.394 e. The Bertz CT molecular complexity index is 361. The predicted molar refractivity (Wildman–Crippen MR) is 75.1 cm³/mol. The molecule has 1 heterocycles. The Kier molecular flexibility index (Phi) is 5.63. The molecule has 2 unspecified atom stereocenters. The molecule has 104 valence electrons. The number of halogens is 1. The summed E-state index contributed by atoms with van der Waals surface area (Å²) in [6.07, 6.45) is 3.71. The Balaban J connectivity index is 2.69. The second-order valence-corrected chi connectivity index (χ2v) is 5.65. The second kappa shape index (κ2) is 6.55. The fourth-order valence-corrected chi connectivity index (χ4v) is 2.19. The van der Waals surface area contributed by atoms with Gasteiger partial charge in [0.25, 0.3) is 0 Å². The van der Waals surface area contributed by atoms with Gasteiger partial charge in [0, 0.05) is 11.7 Å². The lowest BCUT2D eigenvalue weighted by atomic mass is 9.94. The first-order chi connectivity index (χ1) is 8.41. The first-order valence-corrected chi connectivity index (χ1v) is 6.87. The first kappa shape index (κ1) is 15.5. The van der Waals surface area contributed by atoms with Gasteiger partial charge in [-0.3, -0.25) is 4.68 Å². The van der Waals surface area contributed by atoms with Crippen molar-refractivity contribution < 1.29 is 5.11 Å². The van der Waals surface area contributed by atoms with E-state index in [0.29, 0.717) is 5.02 Å². The molecule has 0 bridgehead atoms. The molecular weight excluding hydrogens is 250 g/mol. The number of aliphatic hydroxyl groups is 1. The van der Waals surface area contributed by atoms with Crippen LogP contribution in [0.2, 0.25) is 5.02 Å². The van der Waals surface area contributed by atoms with Crippen LogP contribution in [0.3, 0.4) is 0 Å². The minimum Gasteiger partial charge on any atom is -0.394 e. The van der Waals surface area contributed by atoms with E-state index < -0.39 is 0 Å². The van der Waals surface area contributed by atoms with Gasteiger partial charge >= 0.3 is 0 Å². The molecule has 2 N–H and O–H groups in total. The van der Waals surface area contributed by atoms with Gasteiger partial charge in [0.1, 0.15) is 0 Å². The molecule has 1 aromatic heterocycles. The minimum atomic E-state index is -0.276. The van der Waals surface area contributed by atoms with Crippen LogP contribution in [-0.4, -0.2) is 33.6 Å². The van der Waals surface area contributed by atoms with E-state index in [1.165, 1.54) is 0 Å². The molecule has 0 aliphatic carbocycles. The maximum Gasteiger partial charge on any atom is 0.0815 e. The molecule has 0 saturated carbocycles. The monoisotopic (exact) mass is 273 g/mol. The van der Waals surface area contributed by atoms with Gasteiger partial charge in [-0.15, -0.1) is 0 Å². The molecule has 0 saturated heterocycles. The van der Waals surface area contributed by atoms with Gasteiger partial charge in [-0.1, -0.05) is 18.5 Å². The smallest absolute Gasteiger partial charge is 0.0815 e. The van der Waals surface area contributed by atoms with E-state index >= 15 is 0 Å². The summed E-state index contributed by atoms with van der Waals surface area (Å²) in [6.45, 7) is 9.16. The molecule has 2 atom stereocenters. The number of hydrogen-bond donors (Lipinski definition) is 2. The third-order valence-electron chi connectivity index (χ3n) is 3.21. The topological polar surface area (TPSA) is 50.1 Å². The average Bonchev–Trinajstić information content (AvgIpc) is 2.67. The van der Waals surface area contributed by atoms with Crippen LogP contribution >= 0.6 is 11.6 Å². The maximum atomic E-state index is 9.55. The van der Waals surface area contributed by atoms with Gasteiger partial charge in [0.15, 0.2) is 0 Å². The van der Waals surface area contributed by atoms with Gasteiger partial charge in [-0.25, -0.2) is 0 Å². The van der Waals surface area contributed by atoms with Crippen LogP contribution in [0, 0.1) is 6.92 Å². The van der Waals surface area contributed by atoms with Crippen LogP contribution in [0.4, 0.5) is 0 Å². The van der Waals surface area contributed by atoms with Crippen LogP contribution < -0.4 is 5.32 Å². The Morgan fingerprint density at radius 3 is 2.72 bits per heavy atom. The number of aliphatic hydroxyl groups excluding tert-OH is 1. The van der Waals surface area contributed by atoms with E-state index in [1.807, 2.05) is 24.7 Å². The van der Waals surface area contributed by atoms with Crippen molar-refractivity contribution in [3.05, 3.63) is 16.9 Å². The van der Waals surface area contributed by atoms with Gasteiger partial charge in [-0.2, -0.15) is 5.10 Å². The summed E-state index contributed by atoms with van der Waals surface area (Å²) in [7, 11) is 0. The van der Waals surface area contributed by atoms with Crippen LogP contribution in [0.15, 0.2) is 6.20 Å². The molecule has 0 amide bonds. The number of rotatable bonds is 7. The lowest BCUT2D eigenvalue weighted by Crippen LogP contribution is -2.47. The quantitative estimate of drug-likeness (QED) is 0.803.